The molecule has 0 aliphatic carbocycles. The van der Waals surface area contributed by atoms with Crippen LogP contribution in [0.1, 0.15) is 6.92 Å². The van der Waals surface area contributed by atoms with Gasteiger partial charge in [0.15, 0.2) is 9.49 Å². The molecular weight excluding hydrogens is 184 g/mol. The Bertz CT molecular complexity index is 213. The smallest absolute Gasteiger partial charge is 0.176 e. The summed E-state index contributed by atoms with van der Waals surface area (Å²) in [6.45, 7) is 3.09. The van der Waals surface area contributed by atoms with Gasteiger partial charge in [-0.15, -0.1) is 0 Å². The van der Waals surface area contributed by atoms with Gasteiger partial charge in [0.1, 0.15) is 0 Å². The van der Waals surface area contributed by atoms with Crippen LogP contribution in [0.2, 0.25) is 0 Å². The number of rotatable bonds is 0. The molecule has 1 saturated heterocycles. The van der Waals surface area contributed by atoms with E-state index >= 15 is 0 Å². The molecule has 0 aromatic heterocycles. The van der Waals surface area contributed by atoms with Crippen molar-refractivity contribution in [1.29, 1.82) is 0 Å². The van der Waals surface area contributed by atoms with Crippen LogP contribution in [0.5, 0.6) is 0 Å². The number of nitrogens with zero attached hydrogens (tertiary/aromatic N) is 2. The standard InChI is InChI=1S/C5H6N2S3/c1-3-2-7-4(6-3)9-10-5(7)8/h3H,2H2,1H3. The Morgan fingerprint density at radius 1 is 1.70 bits per heavy atom. The summed E-state index contributed by atoms with van der Waals surface area (Å²) < 4.78 is 0.966. The highest BCUT2D eigenvalue weighted by Crippen LogP contribution is 2.39. The molecule has 54 valence electrons. The molecule has 0 N–H and O–H groups in total. The first kappa shape index (κ1) is 6.94. The van der Waals surface area contributed by atoms with Crippen LogP contribution >= 0.6 is 33.8 Å². The van der Waals surface area contributed by atoms with Crippen LogP contribution in [0, 0.1) is 0 Å². The summed E-state index contributed by atoms with van der Waals surface area (Å²) >= 11 is 5.10. The third-order valence-electron chi connectivity index (χ3n) is 1.42. The Labute approximate surface area is 72.8 Å². The van der Waals surface area contributed by atoms with Crippen molar-refractivity contribution in [2.75, 3.05) is 6.54 Å². The SMILES string of the molecule is CC1CN2C(=S)SSC2=N1. The summed E-state index contributed by atoms with van der Waals surface area (Å²) in [6.07, 6.45) is 0. The normalized spacial score (nSPS) is 30.9. The van der Waals surface area contributed by atoms with Gasteiger partial charge in [0.2, 0.25) is 0 Å². The summed E-state index contributed by atoms with van der Waals surface area (Å²) in [5, 5.41) is 1.10. The lowest BCUT2D eigenvalue weighted by Gasteiger charge is -2.08. The van der Waals surface area contributed by atoms with Gasteiger partial charge < -0.3 is 4.90 Å². The topological polar surface area (TPSA) is 15.6 Å². The van der Waals surface area contributed by atoms with E-state index in [2.05, 4.69) is 16.8 Å². The van der Waals surface area contributed by atoms with Crippen molar-refractivity contribution in [3.05, 3.63) is 0 Å². The van der Waals surface area contributed by atoms with Gasteiger partial charge >= 0.3 is 0 Å². The minimum atomic E-state index is 0.432. The molecule has 0 aromatic carbocycles. The summed E-state index contributed by atoms with van der Waals surface area (Å²) in [5.74, 6) is 0. The van der Waals surface area contributed by atoms with Crippen molar-refractivity contribution in [3.8, 4) is 0 Å². The Morgan fingerprint density at radius 2 is 2.50 bits per heavy atom. The van der Waals surface area contributed by atoms with Crippen LogP contribution in [0.15, 0.2) is 4.99 Å². The van der Waals surface area contributed by atoms with Crippen LogP contribution < -0.4 is 0 Å². The second kappa shape index (κ2) is 2.39. The summed E-state index contributed by atoms with van der Waals surface area (Å²) in [6, 6.07) is 0.432. The van der Waals surface area contributed by atoms with Crippen LogP contribution in [0.4, 0.5) is 0 Å². The quantitative estimate of drug-likeness (QED) is 0.427. The number of hydrogen-bond acceptors (Lipinski definition) is 4. The number of aliphatic imine (C=N–C) groups is 1. The molecule has 2 aliphatic heterocycles. The first-order valence-corrected chi connectivity index (χ1v) is 5.57. The maximum absolute atomic E-state index is 5.10. The van der Waals surface area contributed by atoms with Gasteiger partial charge in [-0.25, -0.2) is 0 Å². The molecule has 0 saturated carbocycles. The van der Waals surface area contributed by atoms with Gasteiger partial charge in [-0.1, -0.05) is 12.2 Å². The average Bonchev–Trinajstić information content (AvgIpc) is 2.35. The van der Waals surface area contributed by atoms with E-state index < -0.39 is 0 Å². The van der Waals surface area contributed by atoms with Gasteiger partial charge in [-0.2, -0.15) is 0 Å². The molecule has 0 amide bonds. The van der Waals surface area contributed by atoms with Crippen molar-refractivity contribution in [2.45, 2.75) is 13.0 Å². The summed E-state index contributed by atoms with van der Waals surface area (Å²) in [5.41, 5.74) is 0. The number of fused-ring (bicyclic) bond motifs is 1. The lowest BCUT2D eigenvalue weighted by molar-refractivity contribution is 0.619. The van der Waals surface area contributed by atoms with Crippen molar-refractivity contribution in [3.63, 3.8) is 0 Å². The molecule has 2 aliphatic rings. The molecule has 2 rings (SSSR count). The van der Waals surface area contributed by atoms with Crippen LogP contribution in [0.3, 0.4) is 0 Å². The second-order valence-corrected chi connectivity index (χ2v) is 5.03. The summed E-state index contributed by atoms with van der Waals surface area (Å²) in [7, 11) is 3.31. The van der Waals surface area contributed by atoms with Crippen molar-refractivity contribution in [2.24, 2.45) is 4.99 Å². The van der Waals surface area contributed by atoms with Crippen LogP contribution in [0.25, 0.3) is 0 Å². The van der Waals surface area contributed by atoms with Crippen LogP contribution in [-0.4, -0.2) is 27.0 Å². The zero-order chi connectivity index (χ0) is 7.14. The third kappa shape index (κ3) is 0.963. The van der Waals surface area contributed by atoms with Crippen molar-refractivity contribution < 1.29 is 0 Å². The summed E-state index contributed by atoms with van der Waals surface area (Å²) in [4.78, 5) is 6.50. The maximum atomic E-state index is 5.10. The minimum Gasteiger partial charge on any atom is -0.303 e. The van der Waals surface area contributed by atoms with Crippen molar-refractivity contribution in [1.82, 2.24) is 4.90 Å². The van der Waals surface area contributed by atoms with E-state index in [0.717, 1.165) is 16.0 Å². The molecule has 1 fully saturated rings. The molecule has 10 heavy (non-hydrogen) atoms. The fourth-order valence-electron chi connectivity index (χ4n) is 0.978. The highest BCUT2D eigenvalue weighted by molar-refractivity contribution is 8.89. The van der Waals surface area contributed by atoms with Gasteiger partial charge in [0.25, 0.3) is 0 Å². The Balaban J connectivity index is 2.26. The molecule has 2 heterocycles. The highest BCUT2D eigenvalue weighted by Gasteiger charge is 2.32. The zero-order valence-electron chi connectivity index (χ0n) is 5.40. The zero-order valence-corrected chi connectivity index (χ0v) is 7.85. The maximum Gasteiger partial charge on any atom is 0.176 e. The van der Waals surface area contributed by atoms with Gasteiger partial charge in [0, 0.05) is 6.54 Å². The predicted molar refractivity (Wildman–Crippen MR) is 51.4 cm³/mol. The predicted octanol–water partition coefficient (Wildman–Crippen LogP) is 1.73. The lowest BCUT2D eigenvalue weighted by Crippen LogP contribution is -2.25. The largest absolute Gasteiger partial charge is 0.303 e. The first-order valence-electron chi connectivity index (χ1n) is 3.01. The molecule has 0 spiro atoms. The molecule has 2 nitrogen and oxygen atoms in total. The Morgan fingerprint density at radius 3 is 3.20 bits per heavy atom. The molecule has 1 atom stereocenters. The van der Waals surface area contributed by atoms with E-state index in [1.165, 1.54) is 0 Å². The minimum absolute atomic E-state index is 0.432. The fourth-order valence-corrected chi connectivity index (χ4v) is 3.54. The monoisotopic (exact) mass is 190 g/mol. The average molecular weight is 190 g/mol. The molecule has 0 radical (unpaired) electrons. The number of amidine groups is 1. The molecule has 1 unspecified atom stereocenters. The number of hydrogen-bond donors (Lipinski definition) is 0. The molecule has 0 bridgehead atoms. The molecular formula is C5H6N2S3. The highest BCUT2D eigenvalue weighted by atomic mass is 33.1. The van der Waals surface area contributed by atoms with E-state index in [1.54, 1.807) is 21.6 Å². The van der Waals surface area contributed by atoms with E-state index in [9.17, 15) is 0 Å². The van der Waals surface area contributed by atoms with E-state index in [1.807, 2.05) is 0 Å². The Kier molecular flexibility index (Phi) is 1.66. The van der Waals surface area contributed by atoms with E-state index in [-0.39, 0.29) is 0 Å². The van der Waals surface area contributed by atoms with Crippen molar-refractivity contribution >= 4 is 43.3 Å². The van der Waals surface area contributed by atoms with E-state index in [4.69, 9.17) is 12.2 Å². The fraction of sp³-hybridized carbons (Fsp3) is 0.600. The van der Waals surface area contributed by atoms with E-state index in [0.29, 0.717) is 6.04 Å². The lowest BCUT2D eigenvalue weighted by atomic mass is 10.4. The second-order valence-electron chi connectivity index (χ2n) is 2.30. The number of thiocarbonyl (C=S) groups is 1. The third-order valence-corrected chi connectivity index (χ3v) is 4.30. The Hall–Kier alpha value is 0.260. The van der Waals surface area contributed by atoms with Gasteiger partial charge in [-0.3, -0.25) is 4.99 Å². The van der Waals surface area contributed by atoms with Crippen LogP contribution in [-0.2, 0) is 0 Å². The van der Waals surface area contributed by atoms with Gasteiger partial charge in [-0.05, 0) is 28.5 Å². The molecule has 0 aromatic rings. The van der Waals surface area contributed by atoms with Gasteiger partial charge in [0.05, 0.1) is 6.04 Å². The molecule has 5 heteroatoms. The first-order chi connectivity index (χ1) is 4.77.